The normalized spacial score (nSPS) is 12.2. The number of rotatable bonds is 7. The fraction of sp³-hybridized carbons (Fsp3) is 0.400. The Hall–Kier alpha value is -1.59. The molecule has 1 unspecified atom stereocenters. The van der Waals surface area contributed by atoms with Gasteiger partial charge in [0.15, 0.2) is 0 Å². The molecule has 0 aliphatic rings. The van der Waals surface area contributed by atoms with Crippen LogP contribution in [0.15, 0.2) is 29.6 Å². The number of ether oxygens (including phenoxy) is 2. The highest BCUT2D eigenvalue weighted by atomic mass is 32.1. The first-order chi connectivity index (χ1) is 9.69. The average molecular weight is 292 g/mol. The molecule has 1 N–H and O–H groups in total. The van der Waals surface area contributed by atoms with Crippen LogP contribution < -0.4 is 10.1 Å². The average Bonchev–Trinajstić information content (AvgIpc) is 2.88. The molecule has 0 saturated carbocycles. The van der Waals surface area contributed by atoms with Gasteiger partial charge in [-0.3, -0.25) is 0 Å². The predicted octanol–water partition coefficient (Wildman–Crippen LogP) is 3.65. The third kappa shape index (κ3) is 4.21. The van der Waals surface area contributed by atoms with Crippen molar-refractivity contribution in [2.45, 2.75) is 19.9 Å². The topological polar surface area (TPSA) is 43.4 Å². The van der Waals surface area contributed by atoms with Crippen LogP contribution in [0.25, 0.3) is 0 Å². The lowest BCUT2D eigenvalue weighted by atomic mass is 10.2. The van der Waals surface area contributed by atoms with Crippen molar-refractivity contribution in [3.63, 3.8) is 0 Å². The van der Waals surface area contributed by atoms with Crippen LogP contribution in [0.4, 0.5) is 5.69 Å². The number of aryl methyl sites for hydroxylation is 1. The molecule has 108 valence electrons. The third-order valence-electron chi connectivity index (χ3n) is 2.87. The van der Waals surface area contributed by atoms with Gasteiger partial charge in [-0.25, -0.2) is 4.98 Å². The van der Waals surface area contributed by atoms with Crippen LogP contribution in [-0.2, 0) is 4.74 Å². The van der Waals surface area contributed by atoms with Gasteiger partial charge in [0, 0.05) is 18.2 Å². The molecule has 0 saturated heterocycles. The molecule has 5 heteroatoms. The van der Waals surface area contributed by atoms with Crippen LogP contribution in [0, 0.1) is 6.92 Å². The first-order valence-electron chi connectivity index (χ1n) is 6.59. The highest BCUT2D eigenvalue weighted by Gasteiger charge is 2.08. The Morgan fingerprint density at radius 3 is 2.60 bits per heavy atom. The maximum atomic E-state index is 5.53. The minimum absolute atomic E-state index is 0.195. The molecular weight excluding hydrogens is 272 g/mol. The van der Waals surface area contributed by atoms with Crippen molar-refractivity contribution < 1.29 is 9.47 Å². The zero-order chi connectivity index (χ0) is 14.4. The van der Waals surface area contributed by atoms with Crippen molar-refractivity contribution >= 4 is 17.0 Å². The number of nitrogens with zero attached hydrogens (tertiary/aromatic N) is 1. The Balaban J connectivity index is 1.90. The number of hydrogen-bond acceptors (Lipinski definition) is 5. The number of thiazole rings is 1. The molecule has 2 rings (SSSR count). The fourth-order valence-electron chi connectivity index (χ4n) is 1.79. The molecular formula is C15H20N2O2S. The quantitative estimate of drug-likeness (QED) is 0.791. The van der Waals surface area contributed by atoms with E-state index >= 15 is 0 Å². The summed E-state index contributed by atoms with van der Waals surface area (Å²) in [6.07, 6.45) is 0. The van der Waals surface area contributed by atoms with E-state index in [1.54, 1.807) is 18.4 Å². The van der Waals surface area contributed by atoms with Gasteiger partial charge in [0.25, 0.3) is 0 Å². The molecule has 0 spiro atoms. The molecule has 0 bridgehead atoms. The van der Waals surface area contributed by atoms with Gasteiger partial charge in [-0.05, 0) is 38.1 Å². The molecule has 1 heterocycles. The van der Waals surface area contributed by atoms with E-state index in [0.29, 0.717) is 13.2 Å². The number of methoxy groups -OCH3 is 1. The lowest BCUT2D eigenvalue weighted by Gasteiger charge is -2.13. The molecule has 0 amide bonds. The Morgan fingerprint density at radius 1 is 1.25 bits per heavy atom. The van der Waals surface area contributed by atoms with Gasteiger partial charge in [0.1, 0.15) is 12.4 Å². The molecule has 0 aliphatic carbocycles. The van der Waals surface area contributed by atoms with E-state index in [1.807, 2.05) is 31.2 Å². The summed E-state index contributed by atoms with van der Waals surface area (Å²) in [5.41, 5.74) is 2.13. The molecule has 0 aliphatic heterocycles. The first-order valence-corrected chi connectivity index (χ1v) is 7.47. The van der Waals surface area contributed by atoms with Crippen molar-refractivity contribution in [2.24, 2.45) is 0 Å². The number of benzene rings is 1. The smallest absolute Gasteiger partial charge is 0.119 e. The number of nitrogens with one attached hydrogen (secondary N) is 1. The van der Waals surface area contributed by atoms with Crippen LogP contribution in [0.2, 0.25) is 0 Å². The molecule has 0 radical (unpaired) electrons. The number of hydrogen-bond donors (Lipinski definition) is 1. The van der Waals surface area contributed by atoms with Crippen LogP contribution in [0.3, 0.4) is 0 Å². The van der Waals surface area contributed by atoms with E-state index in [4.69, 9.17) is 9.47 Å². The summed E-state index contributed by atoms with van der Waals surface area (Å²) in [4.78, 5) is 4.49. The molecule has 1 aromatic carbocycles. The minimum atomic E-state index is 0.195. The lowest BCUT2D eigenvalue weighted by Crippen LogP contribution is -2.07. The van der Waals surface area contributed by atoms with E-state index in [2.05, 4.69) is 22.6 Å². The summed E-state index contributed by atoms with van der Waals surface area (Å²) in [5, 5.41) is 6.62. The van der Waals surface area contributed by atoms with Crippen molar-refractivity contribution in [1.82, 2.24) is 4.98 Å². The molecule has 20 heavy (non-hydrogen) atoms. The van der Waals surface area contributed by atoms with Crippen LogP contribution >= 0.6 is 11.3 Å². The summed E-state index contributed by atoms with van der Waals surface area (Å²) < 4.78 is 10.5. The van der Waals surface area contributed by atoms with Gasteiger partial charge in [-0.15, -0.1) is 11.3 Å². The van der Waals surface area contributed by atoms with Crippen molar-refractivity contribution in [3.8, 4) is 5.75 Å². The molecule has 1 atom stereocenters. The summed E-state index contributed by atoms with van der Waals surface area (Å²) in [6.45, 7) is 5.29. The molecule has 1 aromatic heterocycles. The lowest BCUT2D eigenvalue weighted by molar-refractivity contribution is 0.146. The number of anilines is 1. The maximum absolute atomic E-state index is 5.53. The van der Waals surface area contributed by atoms with Crippen LogP contribution in [0.5, 0.6) is 5.75 Å². The van der Waals surface area contributed by atoms with Gasteiger partial charge in [0.2, 0.25) is 0 Å². The van der Waals surface area contributed by atoms with Gasteiger partial charge >= 0.3 is 0 Å². The SMILES string of the molecule is COCCOc1ccc(NC(C)c2csc(C)n2)cc1. The van der Waals surface area contributed by atoms with Crippen molar-refractivity contribution in [3.05, 3.63) is 40.3 Å². The fourth-order valence-corrected chi connectivity index (χ4v) is 2.50. The zero-order valence-corrected chi connectivity index (χ0v) is 12.9. The Morgan fingerprint density at radius 2 is 2.00 bits per heavy atom. The molecule has 4 nitrogen and oxygen atoms in total. The minimum Gasteiger partial charge on any atom is -0.491 e. The maximum Gasteiger partial charge on any atom is 0.119 e. The Bertz CT molecular complexity index is 525. The standard InChI is InChI=1S/C15H20N2O2S/c1-11(15-10-20-12(2)17-15)16-13-4-6-14(7-5-13)19-9-8-18-3/h4-7,10-11,16H,8-9H2,1-3H3. The van der Waals surface area contributed by atoms with E-state index in [0.717, 1.165) is 22.1 Å². The van der Waals surface area contributed by atoms with Gasteiger partial charge in [0.05, 0.1) is 23.4 Å². The van der Waals surface area contributed by atoms with E-state index < -0.39 is 0 Å². The summed E-state index contributed by atoms with van der Waals surface area (Å²) >= 11 is 1.67. The van der Waals surface area contributed by atoms with Gasteiger partial charge in [-0.1, -0.05) is 0 Å². The second-order valence-corrected chi connectivity index (χ2v) is 5.59. The highest BCUT2D eigenvalue weighted by molar-refractivity contribution is 7.09. The Labute approximate surface area is 123 Å². The zero-order valence-electron chi connectivity index (χ0n) is 12.1. The largest absolute Gasteiger partial charge is 0.491 e. The van der Waals surface area contributed by atoms with E-state index in [9.17, 15) is 0 Å². The van der Waals surface area contributed by atoms with Crippen molar-refractivity contribution in [1.29, 1.82) is 0 Å². The van der Waals surface area contributed by atoms with Gasteiger partial charge in [-0.2, -0.15) is 0 Å². The molecule has 0 fully saturated rings. The second-order valence-electron chi connectivity index (χ2n) is 4.52. The monoisotopic (exact) mass is 292 g/mol. The van der Waals surface area contributed by atoms with E-state index in [-0.39, 0.29) is 6.04 Å². The Kier molecular flexibility index (Phi) is 5.38. The van der Waals surface area contributed by atoms with Gasteiger partial charge < -0.3 is 14.8 Å². The van der Waals surface area contributed by atoms with Crippen LogP contribution in [-0.4, -0.2) is 25.3 Å². The summed E-state index contributed by atoms with van der Waals surface area (Å²) in [6, 6.07) is 8.13. The molecule has 2 aromatic rings. The highest BCUT2D eigenvalue weighted by Crippen LogP contribution is 2.22. The van der Waals surface area contributed by atoms with E-state index in [1.165, 1.54) is 0 Å². The first kappa shape index (κ1) is 14.8. The van der Waals surface area contributed by atoms with Crippen LogP contribution in [0.1, 0.15) is 23.7 Å². The summed E-state index contributed by atoms with van der Waals surface area (Å²) in [5.74, 6) is 0.852. The number of aromatic nitrogens is 1. The third-order valence-corrected chi connectivity index (χ3v) is 3.67. The second kappa shape index (κ2) is 7.26. The summed E-state index contributed by atoms with van der Waals surface area (Å²) in [7, 11) is 1.66. The van der Waals surface area contributed by atoms with Crippen molar-refractivity contribution in [2.75, 3.05) is 25.6 Å². The predicted molar refractivity (Wildman–Crippen MR) is 82.7 cm³/mol.